The highest BCUT2D eigenvalue weighted by atomic mass is 32.1. The van der Waals surface area contributed by atoms with Crippen molar-refractivity contribution >= 4 is 28.1 Å². The molecule has 7 nitrogen and oxygen atoms in total. The highest BCUT2D eigenvalue weighted by Crippen LogP contribution is 2.25. The first kappa shape index (κ1) is 21.0. The summed E-state index contributed by atoms with van der Waals surface area (Å²) in [5, 5.41) is 10.6. The van der Waals surface area contributed by atoms with Crippen molar-refractivity contribution in [3.63, 3.8) is 0 Å². The van der Waals surface area contributed by atoms with E-state index in [-0.39, 0.29) is 22.3 Å². The van der Waals surface area contributed by atoms with Crippen molar-refractivity contribution in [2.45, 2.75) is 52.5 Å². The van der Waals surface area contributed by atoms with Gasteiger partial charge in [-0.1, -0.05) is 23.0 Å². The Morgan fingerprint density at radius 2 is 2.07 bits per heavy atom. The summed E-state index contributed by atoms with van der Waals surface area (Å²) < 4.78 is 7.21. The van der Waals surface area contributed by atoms with Crippen molar-refractivity contribution < 1.29 is 19.2 Å². The maximum absolute atomic E-state index is 12.6. The Morgan fingerprint density at radius 1 is 1.28 bits per heavy atom. The smallest absolute Gasteiger partial charge is 0.349 e. The van der Waals surface area contributed by atoms with E-state index in [1.54, 1.807) is 0 Å². The number of carbonyl (C=O) groups excluding carboxylic acids is 2. The predicted octanol–water partition coefficient (Wildman–Crippen LogP) is 5.00. The summed E-state index contributed by atoms with van der Waals surface area (Å²) in [5.74, 6) is -1.00. The molecule has 0 aliphatic heterocycles. The van der Waals surface area contributed by atoms with E-state index < -0.39 is 10.9 Å². The van der Waals surface area contributed by atoms with E-state index in [0.29, 0.717) is 5.56 Å². The number of aromatic nitrogens is 1. The Balaban J connectivity index is 1.60. The highest BCUT2D eigenvalue weighted by Gasteiger charge is 2.20. The van der Waals surface area contributed by atoms with Gasteiger partial charge in [-0.15, -0.1) is 0 Å². The minimum absolute atomic E-state index is 0.107. The first-order chi connectivity index (χ1) is 13.9. The van der Waals surface area contributed by atoms with Crippen LogP contribution in [0.25, 0.3) is 0 Å². The number of nitro groups is 1. The SMILES string of the molecule is Cc1cc(C(=O)COC(=O)c2ccc([N+](=O)[O-])s2)c(C)n1CCC1=CCCCC1. The molecule has 0 bridgehead atoms. The summed E-state index contributed by atoms with van der Waals surface area (Å²) in [6.07, 6.45) is 8.14. The first-order valence-electron chi connectivity index (χ1n) is 9.66. The number of thiophene rings is 1. The number of ether oxygens (including phenoxy) is 1. The molecule has 0 saturated heterocycles. The van der Waals surface area contributed by atoms with Crippen LogP contribution in [0.2, 0.25) is 0 Å². The molecule has 0 spiro atoms. The lowest BCUT2D eigenvalue weighted by Crippen LogP contribution is -2.14. The van der Waals surface area contributed by atoms with Crippen molar-refractivity contribution in [2.75, 3.05) is 6.61 Å². The van der Waals surface area contributed by atoms with Crippen LogP contribution in [0.1, 0.15) is 63.5 Å². The van der Waals surface area contributed by atoms with E-state index in [4.69, 9.17) is 4.74 Å². The largest absolute Gasteiger partial charge is 0.453 e. The van der Waals surface area contributed by atoms with Crippen LogP contribution in [0.5, 0.6) is 0 Å². The fourth-order valence-electron chi connectivity index (χ4n) is 3.63. The maximum atomic E-state index is 12.6. The number of allylic oxidation sites excluding steroid dienone is 2. The van der Waals surface area contributed by atoms with Crippen LogP contribution < -0.4 is 0 Å². The molecule has 0 radical (unpaired) electrons. The number of aryl methyl sites for hydroxylation is 1. The van der Waals surface area contributed by atoms with Crippen LogP contribution in [0.4, 0.5) is 5.00 Å². The van der Waals surface area contributed by atoms with Crippen LogP contribution in [0.15, 0.2) is 29.8 Å². The number of esters is 1. The zero-order valence-electron chi connectivity index (χ0n) is 16.6. The van der Waals surface area contributed by atoms with Crippen LogP contribution >= 0.6 is 11.3 Å². The van der Waals surface area contributed by atoms with E-state index in [1.807, 2.05) is 19.9 Å². The summed E-state index contributed by atoms with van der Waals surface area (Å²) >= 11 is 0.732. The molecule has 0 aromatic carbocycles. The molecule has 2 aromatic rings. The third kappa shape index (κ3) is 5.00. The molecule has 29 heavy (non-hydrogen) atoms. The normalized spacial score (nSPS) is 13.8. The number of ketones is 1. The second kappa shape index (κ2) is 9.17. The van der Waals surface area contributed by atoms with Gasteiger partial charge < -0.3 is 9.30 Å². The van der Waals surface area contributed by atoms with Gasteiger partial charge in [0.15, 0.2) is 6.61 Å². The maximum Gasteiger partial charge on any atom is 0.349 e. The Bertz CT molecular complexity index is 970. The highest BCUT2D eigenvalue weighted by molar-refractivity contribution is 7.17. The monoisotopic (exact) mass is 416 g/mol. The summed E-state index contributed by atoms with van der Waals surface area (Å²) in [5.41, 5.74) is 3.90. The Kier molecular flexibility index (Phi) is 6.64. The average Bonchev–Trinajstić information content (AvgIpc) is 3.31. The van der Waals surface area contributed by atoms with E-state index >= 15 is 0 Å². The molecule has 8 heteroatoms. The quantitative estimate of drug-likeness (QED) is 0.198. The van der Waals surface area contributed by atoms with Gasteiger partial charge in [0.1, 0.15) is 4.88 Å². The number of hydrogen-bond donors (Lipinski definition) is 0. The van der Waals surface area contributed by atoms with Gasteiger partial charge >= 0.3 is 11.0 Å². The molecule has 1 aliphatic carbocycles. The van der Waals surface area contributed by atoms with Gasteiger partial charge in [0, 0.05) is 29.6 Å². The molecule has 3 rings (SSSR count). The Labute approximate surface area is 173 Å². The van der Waals surface area contributed by atoms with Gasteiger partial charge in [-0.2, -0.15) is 0 Å². The lowest BCUT2D eigenvalue weighted by atomic mass is 9.97. The van der Waals surface area contributed by atoms with E-state index in [2.05, 4.69) is 10.6 Å². The van der Waals surface area contributed by atoms with Crippen molar-refractivity contribution in [3.8, 4) is 0 Å². The van der Waals surface area contributed by atoms with Gasteiger partial charge in [0.05, 0.1) is 4.92 Å². The molecule has 2 heterocycles. The van der Waals surface area contributed by atoms with Crippen LogP contribution in [0.3, 0.4) is 0 Å². The first-order valence-corrected chi connectivity index (χ1v) is 10.5. The van der Waals surface area contributed by atoms with E-state index in [9.17, 15) is 19.7 Å². The molecular formula is C21H24N2O5S. The fourth-order valence-corrected chi connectivity index (χ4v) is 4.34. The summed E-state index contributed by atoms with van der Waals surface area (Å²) in [6.45, 7) is 4.31. The van der Waals surface area contributed by atoms with Gasteiger partial charge in [0.25, 0.3) is 0 Å². The summed E-state index contributed by atoms with van der Waals surface area (Å²) in [7, 11) is 0. The van der Waals surface area contributed by atoms with Crippen LogP contribution in [0, 0.1) is 24.0 Å². The minimum atomic E-state index is -0.727. The van der Waals surface area contributed by atoms with Crippen molar-refractivity contribution in [3.05, 3.63) is 61.8 Å². The lowest BCUT2D eigenvalue weighted by molar-refractivity contribution is -0.380. The zero-order valence-corrected chi connectivity index (χ0v) is 17.4. The molecule has 0 unspecified atom stereocenters. The van der Waals surface area contributed by atoms with Gasteiger partial charge in [-0.05, 0) is 58.1 Å². The number of nitrogens with zero attached hydrogens (tertiary/aromatic N) is 2. The van der Waals surface area contributed by atoms with Crippen LogP contribution in [-0.4, -0.2) is 27.8 Å². The number of hydrogen-bond acceptors (Lipinski definition) is 6. The second-order valence-corrected chi connectivity index (χ2v) is 8.25. The van der Waals surface area contributed by atoms with E-state index in [1.165, 1.54) is 30.5 Å². The van der Waals surface area contributed by atoms with Gasteiger partial charge in [-0.3, -0.25) is 14.9 Å². The molecule has 1 aliphatic rings. The molecule has 0 atom stereocenters. The Morgan fingerprint density at radius 3 is 2.72 bits per heavy atom. The van der Waals surface area contributed by atoms with Crippen molar-refractivity contribution in [1.82, 2.24) is 4.57 Å². The summed E-state index contributed by atoms with van der Waals surface area (Å²) in [4.78, 5) is 34.9. The molecule has 0 N–H and O–H groups in total. The van der Waals surface area contributed by atoms with Crippen LogP contribution in [-0.2, 0) is 11.3 Å². The van der Waals surface area contributed by atoms with Gasteiger partial charge in [0.2, 0.25) is 5.78 Å². The molecule has 0 amide bonds. The molecule has 154 valence electrons. The predicted molar refractivity (Wildman–Crippen MR) is 111 cm³/mol. The third-order valence-corrected chi connectivity index (χ3v) is 6.24. The standard InChI is InChI=1S/C21H24N2O5S/c1-14-12-17(15(2)22(14)11-10-16-6-4-3-5-7-16)18(24)13-28-21(25)19-8-9-20(29-19)23(26)27/h6,8-9,12H,3-5,7,10-11,13H2,1-2H3. The Hall–Kier alpha value is -2.74. The third-order valence-electron chi connectivity index (χ3n) is 5.22. The summed E-state index contributed by atoms with van der Waals surface area (Å²) in [6, 6.07) is 4.41. The average molecular weight is 416 g/mol. The molecule has 2 aromatic heterocycles. The number of rotatable bonds is 8. The lowest BCUT2D eigenvalue weighted by Gasteiger charge is -2.15. The fraction of sp³-hybridized carbons (Fsp3) is 0.429. The number of Topliss-reactive ketones (excluding diaryl/α,β-unsaturated/α-hetero) is 1. The van der Waals surface area contributed by atoms with Crippen molar-refractivity contribution in [2.24, 2.45) is 0 Å². The zero-order chi connectivity index (χ0) is 21.0. The second-order valence-electron chi connectivity index (χ2n) is 7.19. The topological polar surface area (TPSA) is 91.4 Å². The minimum Gasteiger partial charge on any atom is -0.453 e. The van der Waals surface area contributed by atoms with Gasteiger partial charge in [-0.25, -0.2) is 4.79 Å². The van der Waals surface area contributed by atoms with Crippen molar-refractivity contribution in [1.29, 1.82) is 0 Å². The number of carbonyl (C=O) groups is 2. The molecule has 0 fully saturated rings. The molecule has 0 saturated carbocycles. The molecular weight excluding hydrogens is 392 g/mol. The van der Waals surface area contributed by atoms with E-state index in [0.717, 1.165) is 48.5 Å².